The summed E-state index contributed by atoms with van der Waals surface area (Å²) in [6.07, 6.45) is 0. The van der Waals surface area contributed by atoms with Gasteiger partial charge in [0.25, 0.3) is 5.91 Å². The number of nitrogens with one attached hydrogen (secondary N) is 2. The number of nitrogens with zero attached hydrogens (tertiary/aromatic N) is 2. The van der Waals surface area contributed by atoms with Gasteiger partial charge in [0.15, 0.2) is 6.61 Å². The number of esters is 1. The molecule has 0 saturated heterocycles. The quantitative estimate of drug-likeness (QED) is 0.590. The number of benzene rings is 1. The van der Waals surface area contributed by atoms with Crippen molar-refractivity contribution in [3.8, 4) is 5.69 Å². The number of hydrogen-bond donors (Lipinski definition) is 2. The van der Waals surface area contributed by atoms with Crippen LogP contribution in [0.2, 0.25) is 5.02 Å². The van der Waals surface area contributed by atoms with Crippen LogP contribution in [0.15, 0.2) is 30.3 Å². The number of thiophene rings is 1. The molecule has 8 nitrogen and oxygen atoms in total. The molecule has 158 valence electrons. The van der Waals surface area contributed by atoms with E-state index in [9.17, 15) is 14.4 Å². The van der Waals surface area contributed by atoms with Crippen LogP contribution in [0.5, 0.6) is 0 Å². The van der Waals surface area contributed by atoms with Gasteiger partial charge in [-0.05, 0) is 52.0 Å². The normalized spacial score (nSPS) is 11.4. The Hall–Kier alpha value is -2.91. The van der Waals surface area contributed by atoms with Gasteiger partial charge < -0.3 is 10.1 Å². The van der Waals surface area contributed by atoms with Crippen molar-refractivity contribution in [2.75, 3.05) is 6.61 Å². The number of urea groups is 1. The molecule has 30 heavy (non-hydrogen) atoms. The maximum absolute atomic E-state index is 12.4. The zero-order chi connectivity index (χ0) is 22.1. The smallest absolute Gasteiger partial charge is 0.348 e. The molecule has 3 aromatic rings. The van der Waals surface area contributed by atoms with Crippen molar-refractivity contribution < 1.29 is 19.1 Å². The van der Waals surface area contributed by atoms with Crippen molar-refractivity contribution in [1.82, 2.24) is 20.4 Å². The van der Waals surface area contributed by atoms with Gasteiger partial charge >= 0.3 is 12.0 Å². The van der Waals surface area contributed by atoms with E-state index in [0.29, 0.717) is 9.90 Å². The fraction of sp³-hybridized carbons (Fsp3) is 0.300. The van der Waals surface area contributed by atoms with Crippen LogP contribution in [0.3, 0.4) is 0 Å². The van der Waals surface area contributed by atoms with Crippen molar-refractivity contribution in [2.45, 2.75) is 33.2 Å². The van der Waals surface area contributed by atoms with Crippen molar-refractivity contribution in [3.63, 3.8) is 0 Å². The Labute approximate surface area is 182 Å². The molecule has 0 aliphatic rings. The standard InChI is InChI=1S/C20H21ClN4O4S/c1-11-14-9-15(18(27)29-10-16(26)22-19(28)23-20(2,3)4)30-17(14)25(24-11)13-7-5-6-12(21)8-13/h5-9H,10H2,1-4H3,(H2,22,23,26,28). The molecule has 0 atom stereocenters. The van der Waals surface area contributed by atoms with E-state index in [-0.39, 0.29) is 0 Å². The van der Waals surface area contributed by atoms with E-state index in [0.717, 1.165) is 21.6 Å². The summed E-state index contributed by atoms with van der Waals surface area (Å²) in [5.74, 6) is -1.37. The summed E-state index contributed by atoms with van der Waals surface area (Å²) in [7, 11) is 0. The lowest BCUT2D eigenvalue weighted by Crippen LogP contribution is -2.49. The Morgan fingerprint density at radius 1 is 1.23 bits per heavy atom. The van der Waals surface area contributed by atoms with Gasteiger partial charge in [-0.25, -0.2) is 14.3 Å². The van der Waals surface area contributed by atoms with Crippen LogP contribution in [0.1, 0.15) is 36.1 Å². The molecular weight excluding hydrogens is 428 g/mol. The van der Waals surface area contributed by atoms with Gasteiger partial charge in [-0.3, -0.25) is 10.1 Å². The summed E-state index contributed by atoms with van der Waals surface area (Å²) in [5, 5.41) is 10.6. The average molecular weight is 449 g/mol. The van der Waals surface area contributed by atoms with Crippen molar-refractivity contribution in [3.05, 3.63) is 45.9 Å². The SMILES string of the molecule is Cc1nn(-c2cccc(Cl)c2)c2sc(C(=O)OCC(=O)NC(=O)NC(C)(C)C)cc12. The van der Waals surface area contributed by atoms with Crippen LogP contribution in [-0.2, 0) is 9.53 Å². The number of fused-ring (bicyclic) bond motifs is 1. The number of carbonyl (C=O) groups excluding carboxylic acids is 3. The molecule has 0 fully saturated rings. The van der Waals surface area contributed by atoms with Gasteiger partial charge in [0.1, 0.15) is 9.71 Å². The molecule has 0 bridgehead atoms. The summed E-state index contributed by atoms with van der Waals surface area (Å²) >= 11 is 7.27. The highest BCUT2D eigenvalue weighted by Crippen LogP contribution is 2.31. The summed E-state index contributed by atoms with van der Waals surface area (Å²) in [6, 6.07) is 8.25. The number of aromatic nitrogens is 2. The number of ether oxygens (including phenoxy) is 1. The minimum Gasteiger partial charge on any atom is -0.451 e. The molecule has 0 radical (unpaired) electrons. The largest absolute Gasteiger partial charge is 0.451 e. The topological polar surface area (TPSA) is 102 Å². The minimum atomic E-state index is -0.715. The van der Waals surface area contributed by atoms with Gasteiger partial charge in [0.05, 0.1) is 11.4 Å². The highest BCUT2D eigenvalue weighted by molar-refractivity contribution is 7.20. The van der Waals surface area contributed by atoms with Gasteiger partial charge in [0.2, 0.25) is 0 Å². The molecule has 3 rings (SSSR count). The lowest BCUT2D eigenvalue weighted by molar-refractivity contribution is -0.123. The van der Waals surface area contributed by atoms with E-state index < -0.39 is 30.1 Å². The summed E-state index contributed by atoms with van der Waals surface area (Å²) < 4.78 is 6.76. The fourth-order valence-electron chi connectivity index (χ4n) is 2.67. The second-order valence-corrected chi connectivity index (χ2v) is 9.10. The lowest BCUT2D eigenvalue weighted by atomic mass is 10.1. The predicted octanol–water partition coefficient (Wildman–Crippen LogP) is 3.83. The highest BCUT2D eigenvalue weighted by atomic mass is 35.5. The maximum atomic E-state index is 12.4. The minimum absolute atomic E-state index is 0.327. The van der Waals surface area contributed by atoms with Gasteiger partial charge in [0, 0.05) is 15.9 Å². The van der Waals surface area contributed by atoms with Crippen LogP contribution in [0.4, 0.5) is 4.79 Å². The highest BCUT2D eigenvalue weighted by Gasteiger charge is 2.20. The number of hydrogen-bond acceptors (Lipinski definition) is 6. The van der Waals surface area contributed by atoms with E-state index in [4.69, 9.17) is 16.3 Å². The molecule has 0 unspecified atom stereocenters. The van der Waals surface area contributed by atoms with E-state index in [1.54, 1.807) is 43.7 Å². The van der Waals surface area contributed by atoms with Crippen LogP contribution in [0.25, 0.3) is 15.9 Å². The lowest BCUT2D eigenvalue weighted by Gasteiger charge is -2.20. The monoisotopic (exact) mass is 448 g/mol. The molecule has 1 aromatic carbocycles. The molecule has 2 aromatic heterocycles. The van der Waals surface area contributed by atoms with Crippen molar-refractivity contribution in [1.29, 1.82) is 0 Å². The summed E-state index contributed by atoms with van der Waals surface area (Å²) in [5.41, 5.74) is 1.02. The second kappa shape index (κ2) is 8.45. The first-order valence-corrected chi connectivity index (χ1v) is 10.3. The van der Waals surface area contributed by atoms with Crippen LogP contribution < -0.4 is 10.6 Å². The third-order valence-electron chi connectivity index (χ3n) is 3.87. The van der Waals surface area contributed by atoms with Gasteiger partial charge in [-0.2, -0.15) is 5.10 Å². The number of amides is 3. The Morgan fingerprint density at radius 3 is 2.63 bits per heavy atom. The van der Waals surface area contributed by atoms with Gasteiger partial charge in [-0.1, -0.05) is 17.7 Å². The third-order valence-corrected chi connectivity index (χ3v) is 5.20. The molecule has 0 saturated carbocycles. The molecule has 0 aliphatic heterocycles. The zero-order valence-electron chi connectivity index (χ0n) is 16.9. The van der Waals surface area contributed by atoms with E-state index in [1.807, 2.05) is 19.1 Å². The van der Waals surface area contributed by atoms with Crippen LogP contribution >= 0.6 is 22.9 Å². The molecule has 0 aliphatic carbocycles. The zero-order valence-corrected chi connectivity index (χ0v) is 18.5. The first kappa shape index (κ1) is 21.8. The first-order valence-electron chi connectivity index (χ1n) is 9.08. The van der Waals surface area contributed by atoms with Crippen molar-refractivity contribution >= 4 is 51.1 Å². The second-order valence-electron chi connectivity index (χ2n) is 7.63. The summed E-state index contributed by atoms with van der Waals surface area (Å²) in [4.78, 5) is 37.0. The average Bonchev–Trinajstić information content (AvgIpc) is 3.19. The van der Waals surface area contributed by atoms with Crippen molar-refractivity contribution in [2.24, 2.45) is 0 Å². The number of imide groups is 1. The number of carbonyl (C=O) groups is 3. The third kappa shape index (κ3) is 5.17. The Kier molecular flexibility index (Phi) is 6.14. The first-order chi connectivity index (χ1) is 14.0. The summed E-state index contributed by atoms with van der Waals surface area (Å²) in [6.45, 7) is 6.62. The van der Waals surface area contributed by atoms with Gasteiger partial charge in [-0.15, -0.1) is 11.3 Å². The predicted molar refractivity (Wildman–Crippen MR) is 115 cm³/mol. The van der Waals surface area contributed by atoms with E-state index in [1.165, 1.54) is 11.3 Å². The molecule has 2 heterocycles. The number of rotatable bonds is 4. The number of aryl methyl sites for hydroxylation is 1. The Balaban J connectivity index is 1.70. The van der Waals surface area contributed by atoms with E-state index in [2.05, 4.69) is 15.7 Å². The van der Waals surface area contributed by atoms with Crippen LogP contribution in [0, 0.1) is 6.92 Å². The molecule has 2 N–H and O–H groups in total. The maximum Gasteiger partial charge on any atom is 0.348 e. The molecule has 10 heteroatoms. The molecule has 0 spiro atoms. The molecular formula is C20H21ClN4O4S. The van der Waals surface area contributed by atoms with E-state index >= 15 is 0 Å². The molecule has 3 amide bonds. The Morgan fingerprint density at radius 2 is 1.97 bits per heavy atom. The fourth-order valence-corrected chi connectivity index (χ4v) is 3.93. The number of halogens is 1. The van der Waals surface area contributed by atoms with Crippen LogP contribution in [-0.4, -0.2) is 39.8 Å². The Bertz CT molecular complexity index is 1130.